The molecular formula is C11H14N2O2. The van der Waals surface area contributed by atoms with E-state index in [1.165, 1.54) is 0 Å². The minimum absolute atomic E-state index is 0.171. The second-order valence-electron chi connectivity index (χ2n) is 3.69. The third kappa shape index (κ3) is 2.27. The first-order valence-electron chi connectivity index (χ1n) is 4.91. The number of nitrogens with zero attached hydrogens (tertiary/aromatic N) is 1. The highest BCUT2D eigenvalue weighted by molar-refractivity contribution is 5.76. The van der Waals surface area contributed by atoms with Crippen molar-refractivity contribution in [3.8, 4) is 0 Å². The number of aromatic nitrogens is 1. The molecule has 0 atom stereocenters. The second kappa shape index (κ2) is 3.90. The fraction of sp³-hybridized carbons (Fsp3) is 0.364. The topological polar surface area (TPSA) is 61.3 Å². The molecule has 1 aromatic heterocycles. The molecule has 0 spiro atoms. The molecule has 4 nitrogen and oxygen atoms in total. The average Bonchev–Trinajstić information content (AvgIpc) is 2.56. The minimum atomic E-state index is 0.171. The number of rotatable bonds is 3. The van der Waals surface area contributed by atoms with Gasteiger partial charge < -0.3 is 14.9 Å². The third-order valence-electron chi connectivity index (χ3n) is 2.00. The molecule has 0 aliphatic heterocycles. The summed E-state index contributed by atoms with van der Waals surface area (Å²) in [7, 11) is 0. The Morgan fingerprint density at radius 1 is 1.47 bits per heavy atom. The average molecular weight is 206 g/mol. The maximum absolute atomic E-state index is 5.64. The quantitative estimate of drug-likeness (QED) is 0.783. The van der Waals surface area contributed by atoms with E-state index in [4.69, 9.17) is 14.9 Å². The van der Waals surface area contributed by atoms with Crippen LogP contribution in [-0.2, 0) is 11.3 Å². The summed E-state index contributed by atoms with van der Waals surface area (Å²) in [6.07, 6.45) is 0.171. The van der Waals surface area contributed by atoms with Crippen LogP contribution in [0.1, 0.15) is 19.7 Å². The van der Waals surface area contributed by atoms with Gasteiger partial charge in [0, 0.05) is 5.69 Å². The van der Waals surface area contributed by atoms with Crippen molar-refractivity contribution >= 4 is 16.8 Å². The number of ether oxygens (including phenoxy) is 1. The fourth-order valence-corrected chi connectivity index (χ4v) is 1.29. The van der Waals surface area contributed by atoms with Crippen molar-refractivity contribution < 1.29 is 9.15 Å². The Balaban J connectivity index is 2.23. The van der Waals surface area contributed by atoms with Gasteiger partial charge in [0.25, 0.3) is 0 Å². The standard InChI is InChI=1S/C11H14N2O2/c1-7(2)14-6-11-13-9-5-8(12)3-4-10(9)15-11/h3-5,7H,6,12H2,1-2H3. The van der Waals surface area contributed by atoms with Gasteiger partial charge in [0.2, 0.25) is 5.89 Å². The zero-order valence-electron chi connectivity index (χ0n) is 8.86. The Morgan fingerprint density at radius 2 is 2.27 bits per heavy atom. The molecule has 1 heterocycles. The number of nitrogens with two attached hydrogens (primary N) is 1. The van der Waals surface area contributed by atoms with Crippen LogP contribution in [-0.4, -0.2) is 11.1 Å². The molecule has 0 radical (unpaired) electrons. The van der Waals surface area contributed by atoms with E-state index in [9.17, 15) is 0 Å². The number of oxazole rings is 1. The van der Waals surface area contributed by atoms with Crippen molar-refractivity contribution in [2.45, 2.75) is 26.6 Å². The molecular weight excluding hydrogens is 192 g/mol. The molecule has 1 aromatic carbocycles. The highest BCUT2D eigenvalue weighted by Gasteiger charge is 2.06. The molecule has 2 rings (SSSR count). The van der Waals surface area contributed by atoms with Crippen molar-refractivity contribution in [3.05, 3.63) is 24.1 Å². The first-order chi connectivity index (χ1) is 7.15. The Labute approximate surface area is 88.0 Å². The van der Waals surface area contributed by atoms with Gasteiger partial charge in [-0.25, -0.2) is 4.98 Å². The molecule has 0 unspecified atom stereocenters. The molecule has 2 aromatic rings. The number of benzene rings is 1. The molecule has 0 aliphatic carbocycles. The van der Waals surface area contributed by atoms with E-state index in [0.717, 1.165) is 11.1 Å². The maximum Gasteiger partial charge on any atom is 0.221 e. The minimum Gasteiger partial charge on any atom is -0.438 e. The number of anilines is 1. The van der Waals surface area contributed by atoms with E-state index in [1.54, 1.807) is 12.1 Å². The Morgan fingerprint density at radius 3 is 3.00 bits per heavy atom. The normalized spacial score (nSPS) is 11.4. The lowest BCUT2D eigenvalue weighted by atomic mass is 10.3. The summed E-state index contributed by atoms with van der Waals surface area (Å²) in [5.74, 6) is 0.587. The summed E-state index contributed by atoms with van der Waals surface area (Å²) in [5, 5.41) is 0. The van der Waals surface area contributed by atoms with Gasteiger partial charge in [-0.1, -0.05) is 0 Å². The number of fused-ring (bicyclic) bond motifs is 1. The van der Waals surface area contributed by atoms with Gasteiger partial charge in [0.15, 0.2) is 5.58 Å². The van der Waals surface area contributed by atoms with Gasteiger partial charge in [-0.2, -0.15) is 0 Å². The van der Waals surface area contributed by atoms with Crippen LogP contribution < -0.4 is 5.73 Å². The molecule has 0 fully saturated rings. The number of hydrogen-bond acceptors (Lipinski definition) is 4. The zero-order chi connectivity index (χ0) is 10.8. The molecule has 2 N–H and O–H groups in total. The van der Waals surface area contributed by atoms with E-state index in [2.05, 4.69) is 4.98 Å². The largest absolute Gasteiger partial charge is 0.438 e. The van der Waals surface area contributed by atoms with Gasteiger partial charge in [-0.15, -0.1) is 0 Å². The molecule has 0 saturated carbocycles. The van der Waals surface area contributed by atoms with Crippen LogP contribution in [0.25, 0.3) is 11.1 Å². The van der Waals surface area contributed by atoms with Crippen LogP contribution in [0.5, 0.6) is 0 Å². The molecule has 80 valence electrons. The predicted octanol–water partition coefficient (Wildman–Crippen LogP) is 2.33. The summed E-state index contributed by atoms with van der Waals surface area (Å²) in [4.78, 5) is 4.27. The fourth-order valence-electron chi connectivity index (χ4n) is 1.29. The Bertz CT molecular complexity index is 463. The first-order valence-corrected chi connectivity index (χ1v) is 4.91. The molecule has 4 heteroatoms. The maximum atomic E-state index is 5.64. The second-order valence-corrected chi connectivity index (χ2v) is 3.69. The first kappa shape index (κ1) is 9.98. The molecule has 0 saturated heterocycles. The van der Waals surface area contributed by atoms with Crippen molar-refractivity contribution in [2.75, 3.05) is 5.73 Å². The highest BCUT2D eigenvalue weighted by atomic mass is 16.5. The third-order valence-corrected chi connectivity index (χ3v) is 2.00. The summed E-state index contributed by atoms with van der Waals surface area (Å²) < 4.78 is 10.9. The van der Waals surface area contributed by atoms with E-state index in [1.807, 2.05) is 19.9 Å². The predicted molar refractivity (Wildman–Crippen MR) is 58.3 cm³/mol. The Hall–Kier alpha value is -1.55. The highest BCUT2D eigenvalue weighted by Crippen LogP contribution is 2.18. The lowest BCUT2D eigenvalue weighted by molar-refractivity contribution is 0.0526. The Kier molecular flexibility index (Phi) is 2.60. The van der Waals surface area contributed by atoms with Crippen LogP contribution in [0.4, 0.5) is 5.69 Å². The van der Waals surface area contributed by atoms with Crippen LogP contribution in [0.15, 0.2) is 22.6 Å². The van der Waals surface area contributed by atoms with Crippen molar-refractivity contribution in [3.63, 3.8) is 0 Å². The van der Waals surface area contributed by atoms with Crippen LogP contribution in [0.2, 0.25) is 0 Å². The van der Waals surface area contributed by atoms with Gasteiger partial charge in [0.05, 0.1) is 6.10 Å². The number of nitrogen functional groups attached to an aromatic ring is 1. The summed E-state index contributed by atoms with van der Waals surface area (Å²) in [6.45, 7) is 4.34. The van der Waals surface area contributed by atoms with Gasteiger partial charge in [-0.3, -0.25) is 0 Å². The summed E-state index contributed by atoms with van der Waals surface area (Å²) in [5.41, 5.74) is 7.85. The van der Waals surface area contributed by atoms with Crippen molar-refractivity contribution in [1.29, 1.82) is 0 Å². The van der Waals surface area contributed by atoms with Gasteiger partial charge in [-0.05, 0) is 32.0 Å². The van der Waals surface area contributed by atoms with E-state index in [0.29, 0.717) is 18.2 Å². The molecule has 0 bridgehead atoms. The van der Waals surface area contributed by atoms with E-state index >= 15 is 0 Å². The van der Waals surface area contributed by atoms with Gasteiger partial charge >= 0.3 is 0 Å². The van der Waals surface area contributed by atoms with Crippen molar-refractivity contribution in [2.24, 2.45) is 0 Å². The SMILES string of the molecule is CC(C)OCc1nc2cc(N)ccc2o1. The van der Waals surface area contributed by atoms with Crippen LogP contribution >= 0.6 is 0 Å². The van der Waals surface area contributed by atoms with Crippen LogP contribution in [0.3, 0.4) is 0 Å². The lowest BCUT2D eigenvalue weighted by Crippen LogP contribution is -2.02. The van der Waals surface area contributed by atoms with E-state index < -0.39 is 0 Å². The van der Waals surface area contributed by atoms with Crippen LogP contribution in [0, 0.1) is 0 Å². The van der Waals surface area contributed by atoms with Gasteiger partial charge in [0.1, 0.15) is 12.1 Å². The lowest BCUT2D eigenvalue weighted by Gasteiger charge is -2.02. The smallest absolute Gasteiger partial charge is 0.221 e. The molecule has 15 heavy (non-hydrogen) atoms. The molecule has 0 amide bonds. The summed E-state index contributed by atoms with van der Waals surface area (Å²) in [6, 6.07) is 5.40. The monoisotopic (exact) mass is 206 g/mol. The molecule has 0 aliphatic rings. The van der Waals surface area contributed by atoms with Crippen molar-refractivity contribution in [1.82, 2.24) is 4.98 Å². The zero-order valence-corrected chi connectivity index (χ0v) is 8.86. The van der Waals surface area contributed by atoms with E-state index in [-0.39, 0.29) is 6.10 Å². The number of hydrogen-bond donors (Lipinski definition) is 1. The summed E-state index contributed by atoms with van der Waals surface area (Å²) >= 11 is 0.